The van der Waals surface area contributed by atoms with E-state index in [0.29, 0.717) is 17.4 Å². The normalized spacial score (nSPS) is 13.2. The average molecular weight is 410 g/mol. The molecule has 1 unspecified atom stereocenters. The average Bonchev–Trinajstić information content (AvgIpc) is 2.99. The van der Waals surface area contributed by atoms with Gasteiger partial charge in [0.05, 0.1) is 22.0 Å². The van der Waals surface area contributed by atoms with Gasteiger partial charge in [-0.05, 0) is 62.6 Å². The van der Waals surface area contributed by atoms with Crippen LogP contribution in [-0.2, 0) is 16.6 Å². The number of imidazole rings is 1. The van der Waals surface area contributed by atoms with Gasteiger partial charge in [-0.25, -0.2) is 18.1 Å². The zero-order valence-electron chi connectivity index (χ0n) is 14.7. The Balaban J connectivity index is 1.96. The molecule has 0 fully saturated rings. The molecular weight excluding hydrogens is 390 g/mol. The number of nitrogens with zero attached hydrogens (tertiary/aromatic N) is 2. The molecule has 0 aliphatic carbocycles. The van der Waals surface area contributed by atoms with E-state index in [9.17, 15) is 8.42 Å². The fraction of sp³-hybridized carbons (Fsp3) is 0.278. The Hall–Kier alpha value is -1.54. The van der Waals surface area contributed by atoms with Crippen molar-refractivity contribution in [2.24, 2.45) is 0 Å². The van der Waals surface area contributed by atoms with Crippen molar-refractivity contribution in [1.82, 2.24) is 14.3 Å². The minimum atomic E-state index is -3.67. The molecule has 0 amide bonds. The lowest BCUT2D eigenvalue weighted by Crippen LogP contribution is -2.28. The molecule has 1 aromatic heterocycles. The van der Waals surface area contributed by atoms with Gasteiger partial charge in [0.15, 0.2) is 0 Å². The van der Waals surface area contributed by atoms with Crippen LogP contribution in [0, 0.1) is 0 Å². The van der Waals surface area contributed by atoms with Crippen LogP contribution in [0.1, 0.15) is 25.7 Å². The summed E-state index contributed by atoms with van der Waals surface area (Å²) in [7, 11) is -3.67. The molecule has 0 radical (unpaired) electrons. The van der Waals surface area contributed by atoms with Crippen LogP contribution in [0.2, 0.25) is 5.02 Å². The molecule has 0 bridgehead atoms. The van der Waals surface area contributed by atoms with Gasteiger partial charge in [-0.2, -0.15) is 0 Å². The number of nitrogens with one attached hydrogen (secondary N) is 1. The van der Waals surface area contributed by atoms with Gasteiger partial charge < -0.3 is 4.57 Å². The van der Waals surface area contributed by atoms with Crippen molar-refractivity contribution in [3.8, 4) is 0 Å². The van der Waals surface area contributed by atoms with Crippen molar-refractivity contribution in [3.63, 3.8) is 0 Å². The first-order chi connectivity index (χ1) is 12.4. The molecular formula is C18H20ClN3O2S2. The molecule has 138 valence electrons. The summed E-state index contributed by atoms with van der Waals surface area (Å²) in [6.07, 6.45) is 2.03. The molecule has 26 heavy (non-hydrogen) atoms. The van der Waals surface area contributed by atoms with Crippen LogP contribution < -0.4 is 4.72 Å². The van der Waals surface area contributed by atoms with Crippen LogP contribution in [0.4, 0.5) is 0 Å². The molecule has 5 nitrogen and oxygen atoms in total. The highest BCUT2D eigenvalue weighted by atomic mass is 35.5. The lowest BCUT2D eigenvalue weighted by atomic mass is 10.3. The molecule has 3 aromatic rings. The Bertz CT molecular complexity index is 1030. The summed E-state index contributed by atoms with van der Waals surface area (Å²) in [6.45, 7) is 4.53. The van der Waals surface area contributed by atoms with Crippen molar-refractivity contribution in [3.05, 3.63) is 53.3 Å². The van der Waals surface area contributed by atoms with E-state index in [2.05, 4.69) is 15.8 Å². The van der Waals surface area contributed by atoms with Crippen LogP contribution in [-0.4, -0.2) is 24.2 Å². The summed E-state index contributed by atoms with van der Waals surface area (Å²) >= 11 is 7.51. The number of sulfonamides is 1. The first kappa shape index (κ1) is 19.2. The smallest absolute Gasteiger partial charge is 0.241 e. The number of halogens is 1. The molecule has 1 atom stereocenters. The zero-order valence-corrected chi connectivity index (χ0v) is 17.1. The maximum Gasteiger partial charge on any atom is 0.241 e. The number of rotatable bonds is 6. The molecule has 0 aliphatic heterocycles. The largest absolute Gasteiger partial charge is 0.327 e. The Kier molecular flexibility index (Phi) is 5.62. The number of thioether (sulfide) groups is 1. The molecule has 0 saturated carbocycles. The highest BCUT2D eigenvalue weighted by molar-refractivity contribution is 7.98. The fourth-order valence-corrected chi connectivity index (χ4v) is 4.64. The van der Waals surface area contributed by atoms with E-state index in [1.807, 2.05) is 29.9 Å². The van der Waals surface area contributed by atoms with Crippen molar-refractivity contribution in [1.29, 1.82) is 0 Å². The van der Waals surface area contributed by atoms with Gasteiger partial charge in [0.1, 0.15) is 5.82 Å². The van der Waals surface area contributed by atoms with Gasteiger partial charge in [0.25, 0.3) is 0 Å². The molecule has 8 heteroatoms. The quantitative estimate of drug-likeness (QED) is 0.610. The van der Waals surface area contributed by atoms with Gasteiger partial charge in [-0.1, -0.05) is 11.6 Å². The third-order valence-corrected chi connectivity index (χ3v) is 6.68. The summed E-state index contributed by atoms with van der Waals surface area (Å²) in [5.74, 6) is 0.693. The number of fused-ring (bicyclic) bond motifs is 1. The van der Waals surface area contributed by atoms with Crippen molar-refractivity contribution in [2.75, 3.05) is 6.26 Å². The second-order valence-electron chi connectivity index (χ2n) is 5.87. The number of hydrogen-bond donors (Lipinski definition) is 1. The Morgan fingerprint density at radius 3 is 2.54 bits per heavy atom. The van der Waals surface area contributed by atoms with Crippen LogP contribution in [0.15, 0.2) is 52.3 Å². The number of aromatic nitrogens is 2. The summed E-state index contributed by atoms with van der Waals surface area (Å²) in [5.41, 5.74) is 1.86. The summed E-state index contributed by atoms with van der Waals surface area (Å²) in [6, 6.07) is 11.7. The fourth-order valence-electron chi connectivity index (χ4n) is 2.88. The van der Waals surface area contributed by atoms with Crippen molar-refractivity contribution >= 4 is 44.4 Å². The standard InChI is InChI=1S/C18H20ClN3O2S2/c1-4-22-17-11-14(25-3)7-10-16(17)20-18(22)12(2)21-26(23,24)15-8-5-13(19)6-9-15/h5-12,21H,4H2,1-3H3. The molecule has 3 rings (SSSR count). The predicted molar refractivity (Wildman–Crippen MR) is 107 cm³/mol. The van der Waals surface area contributed by atoms with E-state index in [1.165, 1.54) is 12.1 Å². The van der Waals surface area contributed by atoms with E-state index in [1.54, 1.807) is 30.8 Å². The third-order valence-electron chi connectivity index (χ3n) is 4.14. The summed E-state index contributed by atoms with van der Waals surface area (Å²) in [4.78, 5) is 5.98. The molecule has 2 aromatic carbocycles. The Labute approximate surface area is 162 Å². The zero-order chi connectivity index (χ0) is 18.9. The maximum absolute atomic E-state index is 12.6. The number of hydrogen-bond acceptors (Lipinski definition) is 4. The van der Waals surface area contributed by atoms with Gasteiger partial charge in [-0.3, -0.25) is 0 Å². The topological polar surface area (TPSA) is 64.0 Å². The lowest BCUT2D eigenvalue weighted by molar-refractivity contribution is 0.549. The van der Waals surface area contributed by atoms with Gasteiger partial charge >= 0.3 is 0 Å². The second kappa shape index (κ2) is 7.60. The van der Waals surface area contributed by atoms with Crippen LogP contribution in [0.25, 0.3) is 11.0 Å². The van der Waals surface area contributed by atoms with Gasteiger partial charge in [0, 0.05) is 16.5 Å². The molecule has 1 N–H and O–H groups in total. The van der Waals surface area contributed by atoms with Crippen LogP contribution >= 0.6 is 23.4 Å². The van der Waals surface area contributed by atoms with Crippen LogP contribution in [0.3, 0.4) is 0 Å². The first-order valence-corrected chi connectivity index (χ1v) is 11.3. The highest BCUT2D eigenvalue weighted by Gasteiger charge is 2.22. The molecule has 0 aliphatic rings. The van der Waals surface area contributed by atoms with E-state index >= 15 is 0 Å². The third kappa shape index (κ3) is 3.76. The summed E-state index contributed by atoms with van der Waals surface area (Å²) in [5, 5.41) is 0.495. The van der Waals surface area contributed by atoms with Gasteiger partial charge in [-0.15, -0.1) is 11.8 Å². The lowest BCUT2D eigenvalue weighted by Gasteiger charge is -2.15. The van der Waals surface area contributed by atoms with E-state index in [-0.39, 0.29) is 4.90 Å². The van der Waals surface area contributed by atoms with Crippen molar-refractivity contribution in [2.45, 2.75) is 36.2 Å². The van der Waals surface area contributed by atoms with E-state index in [0.717, 1.165) is 15.9 Å². The maximum atomic E-state index is 12.6. The van der Waals surface area contributed by atoms with E-state index in [4.69, 9.17) is 11.6 Å². The number of aryl methyl sites for hydroxylation is 1. The second-order valence-corrected chi connectivity index (χ2v) is 8.90. The minimum absolute atomic E-state index is 0.178. The van der Waals surface area contributed by atoms with Gasteiger partial charge in [0.2, 0.25) is 10.0 Å². The summed E-state index contributed by atoms with van der Waals surface area (Å²) < 4.78 is 30.1. The predicted octanol–water partition coefficient (Wildman–Crippen LogP) is 4.47. The number of benzene rings is 2. The monoisotopic (exact) mass is 409 g/mol. The Morgan fingerprint density at radius 2 is 1.92 bits per heavy atom. The SMILES string of the molecule is CCn1c(C(C)NS(=O)(=O)c2ccc(Cl)cc2)nc2ccc(SC)cc21. The Morgan fingerprint density at radius 1 is 1.23 bits per heavy atom. The van der Waals surface area contributed by atoms with Crippen molar-refractivity contribution < 1.29 is 8.42 Å². The molecule has 0 spiro atoms. The molecule has 1 heterocycles. The molecule has 0 saturated heterocycles. The minimum Gasteiger partial charge on any atom is -0.327 e. The highest BCUT2D eigenvalue weighted by Crippen LogP contribution is 2.26. The van der Waals surface area contributed by atoms with E-state index < -0.39 is 16.1 Å². The first-order valence-electron chi connectivity index (χ1n) is 8.17. The van der Waals surface area contributed by atoms with Crippen LogP contribution in [0.5, 0.6) is 0 Å².